The molecule has 1 aliphatic carbocycles. The molecule has 1 fully saturated rings. The quantitative estimate of drug-likeness (QED) is 0.619. The lowest BCUT2D eigenvalue weighted by molar-refractivity contribution is -0.113. The number of aryl methyl sites for hydroxylation is 1. The molecule has 0 spiro atoms. The highest BCUT2D eigenvalue weighted by atomic mass is 32.2. The molecule has 1 saturated carbocycles. The maximum Gasteiger partial charge on any atom is 0.252 e. The minimum Gasteiger partial charge on any atom is -0.349 e. The van der Waals surface area contributed by atoms with E-state index in [1.165, 1.54) is 11.8 Å². The van der Waals surface area contributed by atoms with Crippen molar-refractivity contribution >= 4 is 40.2 Å². The maximum atomic E-state index is 12.6. The van der Waals surface area contributed by atoms with Gasteiger partial charge < -0.3 is 10.6 Å². The number of anilines is 1. The third kappa shape index (κ3) is 4.51. The summed E-state index contributed by atoms with van der Waals surface area (Å²) in [6.45, 7) is 2.00. The number of hydrogen-bond donors (Lipinski definition) is 2. The number of nitrogens with zero attached hydrogens (tertiary/aromatic N) is 1. The lowest BCUT2D eigenvalue weighted by atomic mass is 10.1. The van der Waals surface area contributed by atoms with Crippen LogP contribution in [0.4, 0.5) is 5.69 Å². The summed E-state index contributed by atoms with van der Waals surface area (Å²) in [5, 5.41) is 7.41. The molecule has 2 N–H and O–H groups in total. The van der Waals surface area contributed by atoms with Crippen LogP contribution < -0.4 is 10.6 Å². The Morgan fingerprint density at radius 2 is 1.86 bits per heavy atom. The molecular formula is C22H21N3O2S. The third-order valence-electron chi connectivity index (χ3n) is 4.54. The number of carbonyl (C=O) groups excluding carboxylic acids is 2. The van der Waals surface area contributed by atoms with E-state index in [2.05, 4.69) is 15.6 Å². The van der Waals surface area contributed by atoms with Gasteiger partial charge in [-0.3, -0.25) is 9.59 Å². The van der Waals surface area contributed by atoms with E-state index in [4.69, 9.17) is 0 Å². The van der Waals surface area contributed by atoms with Crippen molar-refractivity contribution in [1.29, 1.82) is 0 Å². The van der Waals surface area contributed by atoms with Gasteiger partial charge in [0.05, 0.1) is 21.9 Å². The topological polar surface area (TPSA) is 71.1 Å². The summed E-state index contributed by atoms with van der Waals surface area (Å²) in [4.78, 5) is 29.5. The molecule has 0 atom stereocenters. The highest BCUT2D eigenvalue weighted by Gasteiger charge is 2.25. The van der Waals surface area contributed by atoms with E-state index in [1.807, 2.05) is 55.5 Å². The summed E-state index contributed by atoms with van der Waals surface area (Å²) < 4.78 is 0. The highest BCUT2D eigenvalue weighted by Crippen LogP contribution is 2.26. The number of benzene rings is 2. The largest absolute Gasteiger partial charge is 0.349 e. The van der Waals surface area contributed by atoms with Gasteiger partial charge in [-0.15, -0.1) is 0 Å². The summed E-state index contributed by atoms with van der Waals surface area (Å²) in [5.74, 6) is 0.0444. The van der Waals surface area contributed by atoms with Crippen LogP contribution in [0.5, 0.6) is 0 Å². The molecule has 1 heterocycles. The lowest BCUT2D eigenvalue weighted by Crippen LogP contribution is -2.25. The molecule has 0 radical (unpaired) electrons. The Labute approximate surface area is 167 Å². The molecule has 5 nitrogen and oxygen atoms in total. The van der Waals surface area contributed by atoms with Crippen LogP contribution in [0.1, 0.15) is 28.8 Å². The number of amides is 2. The summed E-state index contributed by atoms with van der Waals surface area (Å²) in [5.41, 5.74) is 3.28. The van der Waals surface area contributed by atoms with Gasteiger partial charge in [-0.25, -0.2) is 4.98 Å². The molecule has 4 rings (SSSR count). The highest BCUT2D eigenvalue weighted by molar-refractivity contribution is 7.99. The van der Waals surface area contributed by atoms with Crippen LogP contribution in [0.15, 0.2) is 59.6 Å². The molecule has 1 aliphatic rings. The van der Waals surface area contributed by atoms with Crippen LogP contribution in [0.25, 0.3) is 10.9 Å². The second-order valence-corrected chi connectivity index (χ2v) is 7.97. The van der Waals surface area contributed by atoms with Gasteiger partial charge >= 0.3 is 0 Å². The molecule has 2 aromatic carbocycles. The van der Waals surface area contributed by atoms with Crippen molar-refractivity contribution in [3.05, 3.63) is 65.7 Å². The Balaban J connectivity index is 1.49. The van der Waals surface area contributed by atoms with E-state index < -0.39 is 0 Å². The monoisotopic (exact) mass is 391 g/mol. The number of para-hydroxylation sites is 1. The van der Waals surface area contributed by atoms with Crippen molar-refractivity contribution in [1.82, 2.24) is 10.3 Å². The fourth-order valence-electron chi connectivity index (χ4n) is 2.88. The van der Waals surface area contributed by atoms with Crippen LogP contribution >= 0.6 is 11.8 Å². The molecule has 28 heavy (non-hydrogen) atoms. The van der Waals surface area contributed by atoms with E-state index >= 15 is 0 Å². The van der Waals surface area contributed by atoms with Crippen LogP contribution in [-0.4, -0.2) is 28.6 Å². The second-order valence-electron chi connectivity index (χ2n) is 6.98. The van der Waals surface area contributed by atoms with Crippen molar-refractivity contribution in [2.75, 3.05) is 11.1 Å². The van der Waals surface area contributed by atoms with Crippen molar-refractivity contribution < 1.29 is 9.59 Å². The van der Waals surface area contributed by atoms with Gasteiger partial charge in [-0.05, 0) is 44.0 Å². The van der Waals surface area contributed by atoms with Gasteiger partial charge in [0, 0.05) is 17.1 Å². The van der Waals surface area contributed by atoms with Crippen LogP contribution in [0.3, 0.4) is 0 Å². The zero-order valence-electron chi connectivity index (χ0n) is 15.6. The zero-order chi connectivity index (χ0) is 19.5. The van der Waals surface area contributed by atoms with E-state index in [0.717, 1.165) is 35.0 Å². The Bertz CT molecular complexity index is 1030. The number of fused-ring (bicyclic) bond motifs is 1. The van der Waals surface area contributed by atoms with Crippen molar-refractivity contribution in [2.45, 2.75) is 30.8 Å². The molecule has 0 bridgehead atoms. The van der Waals surface area contributed by atoms with E-state index in [9.17, 15) is 9.59 Å². The van der Waals surface area contributed by atoms with Gasteiger partial charge in [0.25, 0.3) is 5.91 Å². The smallest absolute Gasteiger partial charge is 0.252 e. The van der Waals surface area contributed by atoms with Crippen molar-refractivity contribution in [3.8, 4) is 0 Å². The van der Waals surface area contributed by atoms with Crippen molar-refractivity contribution in [3.63, 3.8) is 0 Å². The van der Waals surface area contributed by atoms with Crippen LogP contribution in [0.2, 0.25) is 0 Å². The molecule has 6 heteroatoms. The number of hydrogen-bond acceptors (Lipinski definition) is 4. The number of pyridine rings is 1. The van der Waals surface area contributed by atoms with E-state index in [0.29, 0.717) is 10.6 Å². The second kappa shape index (κ2) is 8.02. The number of carbonyl (C=O) groups is 2. The SMILES string of the molecule is Cc1ccc(NC(=O)CSc2cc(C(=O)NC3CC3)c3ccccc3n2)cc1. The Hall–Kier alpha value is -2.86. The number of nitrogens with one attached hydrogen (secondary N) is 2. The standard InChI is InChI=1S/C22H21N3O2S/c1-14-6-8-15(9-7-14)23-20(26)13-28-21-12-18(22(27)24-16-10-11-16)17-4-2-3-5-19(17)25-21/h2-9,12,16H,10-11,13H2,1H3,(H,23,26)(H,24,27). The normalized spacial score (nSPS) is 13.3. The van der Waals surface area contributed by atoms with Gasteiger partial charge in [-0.1, -0.05) is 47.7 Å². The van der Waals surface area contributed by atoms with Crippen molar-refractivity contribution in [2.24, 2.45) is 0 Å². The molecule has 0 unspecified atom stereocenters. The average molecular weight is 391 g/mol. The maximum absolute atomic E-state index is 12.6. The third-order valence-corrected chi connectivity index (χ3v) is 5.45. The summed E-state index contributed by atoms with van der Waals surface area (Å²) in [6, 6.07) is 17.3. The molecule has 142 valence electrons. The summed E-state index contributed by atoms with van der Waals surface area (Å²) in [6.07, 6.45) is 2.07. The van der Waals surface area contributed by atoms with Gasteiger partial charge in [-0.2, -0.15) is 0 Å². The van der Waals surface area contributed by atoms with Gasteiger partial charge in [0.1, 0.15) is 0 Å². The fraction of sp³-hybridized carbons (Fsp3) is 0.227. The number of aromatic nitrogens is 1. The minimum atomic E-state index is -0.104. The molecule has 0 aliphatic heterocycles. The van der Waals surface area contributed by atoms with Gasteiger partial charge in [0.15, 0.2) is 0 Å². The Kier molecular flexibility index (Phi) is 5.30. The van der Waals surface area contributed by atoms with Gasteiger partial charge in [0.2, 0.25) is 5.91 Å². The molecular weight excluding hydrogens is 370 g/mol. The summed E-state index contributed by atoms with van der Waals surface area (Å²) in [7, 11) is 0. The number of thioether (sulfide) groups is 1. The first-order valence-corrected chi connectivity index (χ1v) is 10.3. The average Bonchev–Trinajstić information content (AvgIpc) is 3.51. The molecule has 0 saturated heterocycles. The first kappa shape index (κ1) is 18.5. The molecule has 2 amide bonds. The Morgan fingerprint density at radius 1 is 1.11 bits per heavy atom. The predicted molar refractivity (Wildman–Crippen MR) is 113 cm³/mol. The van der Waals surface area contributed by atoms with E-state index in [-0.39, 0.29) is 23.6 Å². The zero-order valence-corrected chi connectivity index (χ0v) is 16.4. The predicted octanol–water partition coefficient (Wildman–Crippen LogP) is 4.17. The summed E-state index contributed by atoms with van der Waals surface area (Å²) >= 11 is 1.33. The van der Waals surface area contributed by atoms with Crippen LogP contribution in [-0.2, 0) is 4.79 Å². The van der Waals surface area contributed by atoms with Crippen LogP contribution in [0, 0.1) is 6.92 Å². The fourth-order valence-corrected chi connectivity index (χ4v) is 3.59. The Morgan fingerprint density at radius 3 is 2.61 bits per heavy atom. The minimum absolute atomic E-state index is 0.0768. The van der Waals surface area contributed by atoms with E-state index in [1.54, 1.807) is 6.07 Å². The number of rotatable bonds is 6. The first-order chi connectivity index (χ1) is 13.6. The lowest BCUT2D eigenvalue weighted by Gasteiger charge is -2.10. The molecule has 3 aromatic rings. The first-order valence-electron chi connectivity index (χ1n) is 9.28. The molecule has 1 aromatic heterocycles.